The Bertz CT molecular complexity index is 275. The van der Waals surface area contributed by atoms with Gasteiger partial charge in [0.15, 0.2) is 0 Å². The van der Waals surface area contributed by atoms with Crippen LogP contribution in [-0.4, -0.2) is 13.8 Å². The van der Waals surface area contributed by atoms with Crippen LogP contribution in [0, 0.1) is 29.6 Å². The van der Waals surface area contributed by atoms with E-state index in [1.807, 2.05) is 0 Å². The summed E-state index contributed by atoms with van der Waals surface area (Å²) >= 11 is 0. The van der Waals surface area contributed by atoms with Crippen LogP contribution < -0.4 is 37.7 Å². The van der Waals surface area contributed by atoms with Crippen molar-refractivity contribution in [2.24, 2.45) is 0 Å². The molecule has 1 saturated carbocycles. The minimum Gasteiger partial charge on any atom is -0.660 e. The summed E-state index contributed by atoms with van der Waals surface area (Å²) < 4.78 is 0. The van der Waals surface area contributed by atoms with Crippen molar-refractivity contribution in [3.8, 4) is 0 Å². The van der Waals surface area contributed by atoms with Crippen LogP contribution >= 0.6 is 0 Å². The van der Waals surface area contributed by atoms with Gasteiger partial charge in [-0.3, -0.25) is 0 Å². The summed E-state index contributed by atoms with van der Waals surface area (Å²) in [6.07, 6.45) is 0. The van der Waals surface area contributed by atoms with E-state index in [2.05, 4.69) is 61.6 Å². The molecule has 0 spiro atoms. The van der Waals surface area contributed by atoms with Crippen molar-refractivity contribution in [3.05, 3.63) is 34.6 Å². The molecule has 0 atom stereocenters. The Kier molecular flexibility index (Phi) is 9.79. The van der Waals surface area contributed by atoms with Gasteiger partial charge >= 0.3 is 37.7 Å². The third-order valence-corrected chi connectivity index (χ3v) is 6.34. The van der Waals surface area contributed by atoms with Crippen LogP contribution in [0.3, 0.4) is 0 Å². The molecule has 1 aliphatic carbocycles. The maximum absolute atomic E-state index is 5.10. The largest absolute Gasteiger partial charge is 1.00 e. The number of hydrogen-bond acceptors (Lipinski definition) is 0. The molecule has 0 amide bonds. The fourth-order valence-corrected chi connectivity index (χ4v) is 6.23. The van der Waals surface area contributed by atoms with E-state index in [1.54, 1.807) is 5.92 Å². The van der Waals surface area contributed by atoms with Crippen LogP contribution in [0.1, 0.15) is 48.5 Å². The number of nitrogens with zero attached hydrogens (tertiary/aromatic N) is 1. The fourth-order valence-electron chi connectivity index (χ4n) is 2.94. The van der Waals surface area contributed by atoms with E-state index >= 15 is 0 Å². The Hall–Kier alpha value is 1.37. The molecule has 1 aliphatic rings. The Labute approximate surface area is 153 Å². The van der Waals surface area contributed by atoms with E-state index in [-0.39, 0.29) is 43.3 Å². The standard InChI is InChI=1S/C16H29NSi.2Li/c1-11-12(2)14(4)15(13(11)3)10-18(8,9)17-16(5,6)7;;/h10H2,1-9H3;;/q-1;2*+1. The summed E-state index contributed by atoms with van der Waals surface area (Å²) in [6.45, 7) is 20.4. The first-order valence-electron chi connectivity index (χ1n) is 6.90. The van der Waals surface area contributed by atoms with Crippen molar-refractivity contribution < 1.29 is 37.7 Å². The van der Waals surface area contributed by atoms with Crippen molar-refractivity contribution in [3.63, 3.8) is 0 Å². The summed E-state index contributed by atoms with van der Waals surface area (Å²) in [5, 5.41) is 0. The number of hydrogen-bond donors (Lipinski definition) is 0. The molecule has 0 N–H and O–H groups in total. The molecule has 0 aromatic carbocycles. The van der Waals surface area contributed by atoms with Crippen LogP contribution in [0.25, 0.3) is 4.98 Å². The molecule has 0 saturated heterocycles. The summed E-state index contributed by atoms with van der Waals surface area (Å²) in [7, 11) is -1.53. The van der Waals surface area contributed by atoms with Gasteiger partial charge in [0.2, 0.25) is 0 Å². The predicted octanol–water partition coefficient (Wildman–Crippen LogP) is -0.663. The second-order valence-corrected chi connectivity index (χ2v) is 11.5. The molecule has 1 fully saturated rings. The quantitative estimate of drug-likeness (QED) is 0.608. The zero-order valence-electron chi connectivity index (χ0n) is 15.7. The topological polar surface area (TPSA) is 14.1 Å². The normalized spacial score (nSPS) is 20.9. The molecule has 103 valence electrons. The van der Waals surface area contributed by atoms with Crippen molar-refractivity contribution in [2.45, 2.75) is 73.1 Å². The Balaban J connectivity index is 0. The fraction of sp³-hybridized carbons (Fsp3) is 0.688. The minimum absolute atomic E-state index is 0. The van der Waals surface area contributed by atoms with E-state index in [9.17, 15) is 0 Å². The van der Waals surface area contributed by atoms with Crippen LogP contribution in [0.15, 0.2) is 0 Å². The second-order valence-electron chi connectivity index (χ2n) is 7.25. The third kappa shape index (κ3) is 6.24. The molecule has 0 unspecified atom stereocenters. The summed E-state index contributed by atoms with van der Waals surface area (Å²) in [6, 6.07) is 1.18. The molecule has 0 bridgehead atoms. The Morgan fingerprint density at radius 1 is 0.800 bits per heavy atom. The SMILES string of the molecule is C[C]1[C](C)[C](C)[C](C[Si](C)(C)[N-]C(C)(C)C)[C]1C.[Li+].[Li+]. The van der Waals surface area contributed by atoms with Crippen LogP contribution in [-0.2, 0) is 0 Å². The smallest absolute Gasteiger partial charge is 0.660 e. The van der Waals surface area contributed by atoms with Gasteiger partial charge in [0.25, 0.3) is 0 Å². The average Bonchev–Trinajstić information content (AvgIpc) is 2.32. The first kappa shape index (κ1) is 23.6. The van der Waals surface area contributed by atoms with Gasteiger partial charge in [0, 0.05) is 0 Å². The second kappa shape index (κ2) is 8.29. The zero-order chi connectivity index (χ0) is 14.3. The average molecular weight is 277 g/mol. The first-order valence-corrected chi connectivity index (χ1v) is 10.1. The number of rotatable bonds is 3. The van der Waals surface area contributed by atoms with Crippen LogP contribution in [0.2, 0.25) is 19.1 Å². The van der Waals surface area contributed by atoms with E-state index < -0.39 is 8.24 Å². The van der Waals surface area contributed by atoms with Crippen LogP contribution in [0.4, 0.5) is 0 Å². The van der Waals surface area contributed by atoms with Crippen molar-refractivity contribution in [2.75, 3.05) is 0 Å². The van der Waals surface area contributed by atoms with Gasteiger partial charge in [-0.25, -0.2) is 0 Å². The molecule has 0 aromatic rings. The van der Waals surface area contributed by atoms with E-state index in [0.29, 0.717) is 0 Å². The van der Waals surface area contributed by atoms with Gasteiger partial charge in [-0.05, 0) is 29.6 Å². The summed E-state index contributed by atoms with van der Waals surface area (Å²) in [5.41, 5.74) is 0.0915. The molecule has 1 nitrogen and oxygen atoms in total. The van der Waals surface area contributed by atoms with E-state index in [0.717, 1.165) is 0 Å². The maximum Gasteiger partial charge on any atom is 1.00 e. The molecule has 5 radical (unpaired) electrons. The minimum atomic E-state index is -1.53. The molecule has 20 heavy (non-hydrogen) atoms. The molecule has 0 heterocycles. The first-order chi connectivity index (χ1) is 7.94. The predicted molar refractivity (Wildman–Crippen MR) is 84.3 cm³/mol. The van der Waals surface area contributed by atoms with Gasteiger partial charge in [0.05, 0.1) is 0 Å². The van der Waals surface area contributed by atoms with E-state index in [1.165, 1.54) is 29.7 Å². The van der Waals surface area contributed by atoms with Crippen molar-refractivity contribution in [1.29, 1.82) is 0 Å². The van der Waals surface area contributed by atoms with Gasteiger partial charge in [-0.1, -0.05) is 75.8 Å². The molecule has 1 rings (SSSR count). The van der Waals surface area contributed by atoms with Crippen molar-refractivity contribution in [1.82, 2.24) is 0 Å². The third-order valence-electron chi connectivity index (χ3n) is 3.84. The Morgan fingerprint density at radius 2 is 1.15 bits per heavy atom. The maximum atomic E-state index is 5.10. The summed E-state index contributed by atoms with van der Waals surface area (Å²) in [5.74, 6) is 7.50. The summed E-state index contributed by atoms with van der Waals surface area (Å²) in [4.78, 5) is 5.10. The monoisotopic (exact) mass is 277 g/mol. The molecule has 0 aliphatic heterocycles. The van der Waals surface area contributed by atoms with Crippen LogP contribution in [0.5, 0.6) is 0 Å². The zero-order valence-corrected chi connectivity index (χ0v) is 16.7. The molecular formula is C16H29Li2NSi+. The molecule has 0 aromatic heterocycles. The molecule has 4 heteroatoms. The van der Waals surface area contributed by atoms with E-state index in [4.69, 9.17) is 4.98 Å². The Morgan fingerprint density at radius 3 is 1.45 bits per heavy atom. The van der Waals surface area contributed by atoms with Gasteiger partial charge < -0.3 is 4.98 Å². The van der Waals surface area contributed by atoms with Crippen molar-refractivity contribution >= 4 is 8.24 Å². The van der Waals surface area contributed by atoms with Gasteiger partial charge in [0.1, 0.15) is 0 Å². The molecular weight excluding hydrogens is 248 g/mol. The van der Waals surface area contributed by atoms with Gasteiger partial charge in [-0.2, -0.15) is 0 Å². The van der Waals surface area contributed by atoms with Gasteiger partial charge in [-0.15, -0.1) is 5.54 Å².